The van der Waals surface area contributed by atoms with Gasteiger partial charge in [-0.25, -0.2) is 0 Å². The van der Waals surface area contributed by atoms with E-state index in [2.05, 4.69) is 0 Å². The van der Waals surface area contributed by atoms with Crippen LogP contribution in [0.3, 0.4) is 0 Å². The maximum atomic E-state index is 7.62. The first-order valence-electron chi connectivity index (χ1n) is 2.26. The molecule has 0 unspecified atom stereocenters. The molecule has 0 radical (unpaired) electrons. The zero-order chi connectivity index (χ0) is 6.83. The standard InChI is InChI=1S/2C2H6O2.K.H2O/c2*3-1-2-4;;/h2*3-4H,1-2H2;;1H2/q;;+1;/p-1. The summed E-state index contributed by atoms with van der Waals surface area (Å²) in [6.07, 6.45) is 0. The Labute approximate surface area is 102 Å². The van der Waals surface area contributed by atoms with Crippen molar-refractivity contribution >= 4 is 0 Å². The molecule has 0 atom stereocenters. The van der Waals surface area contributed by atoms with Crippen LogP contribution in [0.25, 0.3) is 0 Å². The normalized spacial score (nSPS) is 6.00. The summed E-state index contributed by atoms with van der Waals surface area (Å²) in [5.41, 5.74) is 0. The molecule has 0 aromatic rings. The fourth-order valence-electron chi connectivity index (χ4n) is 0. The van der Waals surface area contributed by atoms with Crippen molar-refractivity contribution in [3.63, 3.8) is 0 Å². The monoisotopic (exact) mass is 180 g/mol. The molecule has 0 rings (SSSR count). The molecule has 0 saturated carbocycles. The molecule has 6 heteroatoms. The molecule has 0 amide bonds. The number of rotatable bonds is 2. The van der Waals surface area contributed by atoms with Crippen LogP contribution in [0, 0.1) is 0 Å². The van der Waals surface area contributed by atoms with E-state index in [1.54, 1.807) is 0 Å². The van der Waals surface area contributed by atoms with Crippen LogP contribution in [0.2, 0.25) is 0 Å². The maximum Gasteiger partial charge on any atom is 1.00 e. The Hall–Kier alpha value is 1.44. The summed E-state index contributed by atoms with van der Waals surface area (Å²) in [5, 5.41) is 30.5. The van der Waals surface area contributed by atoms with Crippen molar-refractivity contribution in [1.82, 2.24) is 0 Å². The second-order valence-corrected chi connectivity index (χ2v) is 0.894. The van der Waals surface area contributed by atoms with Crippen LogP contribution in [0.4, 0.5) is 0 Å². The Kier molecular flexibility index (Phi) is 70.8. The van der Waals surface area contributed by atoms with E-state index in [0.717, 1.165) is 0 Å². The smallest absolute Gasteiger partial charge is 0.870 e. The molecule has 0 aliphatic rings. The average Bonchev–Trinajstić information content (AvgIpc) is 1.88. The van der Waals surface area contributed by atoms with Crippen LogP contribution in [-0.2, 0) is 0 Å². The summed E-state index contributed by atoms with van der Waals surface area (Å²) >= 11 is 0. The van der Waals surface area contributed by atoms with E-state index in [-0.39, 0.29) is 83.3 Å². The third-order valence-corrected chi connectivity index (χ3v) is 0.200. The Morgan fingerprint density at radius 1 is 0.600 bits per heavy atom. The Bertz CT molecular complexity index is 21.6. The number of aliphatic hydroxyl groups is 4. The first kappa shape index (κ1) is 22.5. The molecule has 0 aliphatic carbocycles. The van der Waals surface area contributed by atoms with Crippen LogP contribution in [-0.4, -0.2) is 52.3 Å². The minimum atomic E-state index is -0.125. The molecule has 0 aromatic heterocycles. The van der Waals surface area contributed by atoms with E-state index in [1.165, 1.54) is 0 Å². The van der Waals surface area contributed by atoms with Gasteiger partial charge in [-0.05, 0) is 0 Å². The van der Waals surface area contributed by atoms with Gasteiger partial charge in [-0.3, -0.25) is 0 Å². The summed E-state index contributed by atoms with van der Waals surface area (Å²) in [5.74, 6) is 0. The summed E-state index contributed by atoms with van der Waals surface area (Å²) in [7, 11) is 0. The van der Waals surface area contributed by atoms with Gasteiger partial charge < -0.3 is 25.9 Å². The van der Waals surface area contributed by atoms with Gasteiger partial charge in [0, 0.05) is 0 Å². The van der Waals surface area contributed by atoms with Crippen LogP contribution < -0.4 is 51.4 Å². The zero-order valence-corrected chi connectivity index (χ0v) is 9.19. The number of hydrogen-bond acceptors (Lipinski definition) is 5. The summed E-state index contributed by atoms with van der Waals surface area (Å²) in [6, 6.07) is 0. The van der Waals surface area contributed by atoms with E-state index in [9.17, 15) is 0 Å². The van der Waals surface area contributed by atoms with Gasteiger partial charge in [-0.15, -0.1) is 0 Å². The predicted molar refractivity (Wildman–Crippen MR) is 30.3 cm³/mol. The Morgan fingerprint density at radius 3 is 0.700 bits per heavy atom. The van der Waals surface area contributed by atoms with E-state index < -0.39 is 0 Å². The topological polar surface area (TPSA) is 111 Å². The number of hydrogen-bond donors (Lipinski definition) is 4. The Balaban J connectivity index is -0.0000000300. The molecular weight excluding hydrogens is 167 g/mol. The Morgan fingerprint density at radius 2 is 0.700 bits per heavy atom. The average molecular weight is 180 g/mol. The first-order valence-corrected chi connectivity index (χ1v) is 2.26. The summed E-state index contributed by atoms with van der Waals surface area (Å²) in [6.45, 7) is -0.500. The molecule has 0 bridgehead atoms. The van der Waals surface area contributed by atoms with E-state index in [1.807, 2.05) is 0 Å². The van der Waals surface area contributed by atoms with Gasteiger partial charge in [0.2, 0.25) is 0 Å². The molecule has 0 heterocycles. The maximum absolute atomic E-state index is 7.62. The summed E-state index contributed by atoms with van der Waals surface area (Å²) in [4.78, 5) is 0. The molecule has 5 N–H and O–H groups in total. The van der Waals surface area contributed by atoms with E-state index in [4.69, 9.17) is 20.4 Å². The zero-order valence-electron chi connectivity index (χ0n) is 6.06. The van der Waals surface area contributed by atoms with Gasteiger partial charge in [0.1, 0.15) is 0 Å². The molecule has 60 valence electrons. The van der Waals surface area contributed by atoms with Crippen molar-refractivity contribution in [3.05, 3.63) is 0 Å². The van der Waals surface area contributed by atoms with Gasteiger partial charge in [-0.1, -0.05) is 0 Å². The molecule has 0 aromatic carbocycles. The van der Waals surface area contributed by atoms with Crippen LogP contribution in [0.5, 0.6) is 0 Å². The molecule has 0 fully saturated rings. The third kappa shape index (κ3) is 56.9. The molecule has 5 nitrogen and oxygen atoms in total. The van der Waals surface area contributed by atoms with Crippen LogP contribution in [0.1, 0.15) is 0 Å². The fraction of sp³-hybridized carbons (Fsp3) is 1.00. The second-order valence-electron chi connectivity index (χ2n) is 0.894. The SMILES string of the molecule is OCCO.OCCO.[K+].[OH-]. The van der Waals surface area contributed by atoms with E-state index in [0.29, 0.717) is 0 Å². The molecule has 0 saturated heterocycles. The minimum Gasteiger partial charge on any atom is -0.870 e. The third-order valence-electron chi connectivity index (χ3n) is 0.200. The van der Waals surface area contributed by atoms with Crippen molar-refractivity contribution in [2.24, 2.45) is 0 Å². The van der Waals surface area contributed by atoms with Crippen LogP contribution >= 0.6 is 0 Å². The number of aliphatic hydroxyl groups excluding tert-OH is 4. The van der Waals surface area contributed by atoms with Crippen molar-refractivity contribution in [3.8, 4) is 0 Å². The van der Waals surface area contributed by atoms with Crippen molar-refractivity contribution < 1.29 is 77.3 Å². The minimum absolute atomic E-state index is 0. The molecular formula is C4H13KO5. The predicted octanol–water partition coefficient (Wildman–Crippen LogP) is -5.23. The van der Waals surface area contributed by atoms with Gasteiger partial charge in [0.25, 0.3) is 0 Å². The van der Waals surface area contributed by atoms with Gasteiger partial charge in [0.05, 0.1) is 26.4 Å². The first-order chi connectivity index (χ1) is 3.83. The van der Waals surface area contributed by atoms with Crippen molar-refractivity contribution in [2.45, 2.75) is 0 Å². The van der Waals surface area contributed by atoms with Crippen molar-refractivity contribution in [2.75, 3.05) is 26.4 Å². The molecule has 10 heavy (non-hydrogen) atoms. The van der Waals surface area contributed by atoms with Crippen LogP contribution in [0.15, 0.2) is 0 Å². The van der Waals surface area contributed by atoms with Gasteiger partial charge in [-0.2, -0.15) is 0 Å². The summed E-state index contributed by atoms with van der Waals surface area (Å²) < 4.78 is 0. The second kappa shape index (κ2) is 31.4. The van der Waals surface area contributed by atoms with Crippen molar-refractivity contribution in [1.29, 1.82) is 0 Å². The van der Waals surface area contributed by atoms with Gasteiger partial charge in [0.15, 0.2) is 0 Å². The van der Waals surface area contributed by atoms with E-state index >= 15 is 0 Å². The molecule has 0 spiro atoms. The van der Waals surface area contributed by atoms with Gasteiger partial charge >= 0.3 is 51.4 Å². The largest absolute Gasteiger partial charge is 1.00 e. The quantitative estimate of drug-likeness (QED) is 0.317. The fourth-order valence-corrected chi connectivity index (χ4v) is 0. The molecule has 0 aliphatic heterocycles.